The van der Waals surface area contributed by atoms with Crippen molar-refractivity contribution in [2.24, 2.45) is 11.8 Å². The first-order chi connectivity index (χ1) is 9.75. The average molecular weight is 269 g/mol. The van der Waals surface area contributed by atoms with Crippen LogP contribution < -0.4 is 5.32 Å². The number of hydrogen-bond acceptors (Lipinski definition) is 3. The van der Waals surface area contributed by atoms with Gasteiger partial charge in [0.2, 0.25) is 0 Å². The van der Waals surface area contributed by atoms with Crippen LogP contribution in [0.25, 0.3) is 10.8 Å². The van der Waals surface area contributed by atoms with Crippen molar-refractivity contribution in [1.29, 1.82) is 0 Å². The number of fused-ring (bicyclic) bond motifs is 1. The molecular weight excluding hydrogens is 246 g/mol. The number of aromatic nitrogens is 2. The summed E-state index contributed by atoms with van der Waals surface area (Å²) in [5, 5.41) is 14.5. The summed E-state index contributed by atoms with van der Waals surface area (Å²) in [4.78, 5) is 0. The van der Waals surface area contributed by atoms with Crippen LogP contribution in [0, 0.1) is 11.8 Å². The second-order valence-corrected chi connectivity index (χ2v) is 6.22. The van der Waals surface area contributed by atoms with Gasteiger partial charge in [0, 0.05) is 16.8 Å². The van der Waals surface area contributed by atoms with E-state index in [0.29, 0.717) is 6.04 Å². The summed E-state index contributed by atoms with van der Waals surface area (Å²) in [7, 11) is 0. The van der Waals surface area contributed by atoms with Gasteiger partial charge in [-0.25, -0.2) is 0 Å². The van der Waals surface area contributed by atoms with Crippen molar-refractivity contribution in [3.63, 3.8) is 0 Å². The third kappa shape index (κ3) is 2.62. The molecule has 0 amide bonds. The maximum Gasteiger partial charge on any atom is 0.156 e. The fraction of sp³-hybridized carbons (Fsp3) is 0.529. The van der Waals surface area contributed by atoms with Crippen LogP contribution in [0.1, 0.15) is 39.5 Å². The predicted molar refractivity (Wildman–Crippen MR) is 83.7 cm³/mol. The van der Waals surface area contributed by atoms with Crippen LogP contribution in [0.3, 0.4) is 0 Å². The quantitative estimate of drug-likeness (QED) is 0.904. The summed E-state index contributed by atoms with van der Waals surface area (Å²) in [6.07, 6.45) is 7.09. The molecule has 2 unspecified atom stereocenters. The number of nitrogens with zero attached hydrogens (tertiary/aromatic N) is 2. The lowest BCUT2D eigenvalue weighted by Gasteiger charge is -2.35. The van der Waals surface area contributed by atoms with Gasteiger partial charge in [-0.1, -0.05) is 51.0 Å². The molecule has 2 aromatic rings. The lowest BCUT2D eigenvalue weighted by molar-refractivity contribution is 0.253. The van der Waals surface area contributed by atoms with Crippen molar-refractivity contribution in [2.45, 2.75) is 45.6 Å². The monoisotopic (exact) mass is 269 g/mol. The molecule has 1 N–H and O–H groups in total. The zero-order valence-corrected chi connectivity index (χ0v) is 12.3. The molecule has 0 bridgehead atoms. The predicted octanol–water partition coefficient (Wildman–Crippen LogP) is 4.26. The number of rotatable bonds is 3. The fourth-order valence-corrected chi connectivity index (χ4v) is 3.45. The van der Waals surface area contributed by atoms with Gasteiger partial charge < -0.3 is 5.32 Å². The SMILES string of the molecule is CC(C)C1CCCCC1Nc1nncc2ccccc12. The van der Waals surface area contributed by atoms with Crippen LogP contribution >= 0.6 is 0 Å². The van der Waals surface area contributed by atoms with E-state index >= 15 is 0 Å². The van der Waals surface area contributed by atoms with E-state index < -0.39 is 0 Å². The molecule has 1 saturated carbocycles. The molecule has 0 radical (unpaired) electrons. The van der Waals surface area contributed by atoms with Gasteiger partial charge in [-0.2, -0.15) is 5.10 Å². The van der Waals surface area contributed by atoms with Crippen molar-refractivity contribution < 1.29 is 0 Å². The topological polar surface area (TPSA) is 37.8 Å². The molecule has 20 heavy (non-hydrogen) atoms. The molecule has 0 aliphatic heterocycles. The molecule has 1 aliphatic rings. The molecule has 1 heterocycles. The molecule has 3 rings (SSSR count). The average Bonchev–Trinajstić information content (AvgIpc) is 2.48. The molecule has 0 saturated heterocycles. The van der Waals surface area contributed by atoms with Crippen LogP contribution in [0.4, 0.5) is 5.82 Å². The highest BCUT2D eigenvalue weighted by Crippen LogP contribution is 2.33. The van der Waals surface area contributed by atoms with Crippen LogP contribution in [0.5, 0.6) is 0 Å². The Morgan fingerprint density at radius 1 is 1.15 bits per heavy atom. The Labute approximate surface area is 120 Å². The molecule has 106 valence electrons. The van der Waals surface area contributed by atoms with E-state index in [1.807, 2.05) is 12.3 Å². The first kappa shape index (κ1) is 13.3. The highest BCUT2D eigenvalue weighted by atomic mass is 15.2. The van der Waals surface area contributed by atoms with E-state index in [1.165, 1.54) is 31.1 Å². The molecule has 0 spiro atoms. The van der Waals surface area contributed by atoms with Crippen LogP contribution in [-0.4, -0.2) is 16.2 Å². The fourth-order valence-electron chi connectivity index (χ4n) is 3.45. The van der Waals surface area contributed by atoms with Gasteiger partial charge in [-0.15, -0.1) is 5.10 Å². The summed E-state index contributed by atoms with van der Waals surface area (Å²) in [5.41, 5.74) is 0. The first-order valence-electron chi connectivity index (χ1n) is 7.72. The molecule has 1 aromatic carbocycles. The van der Waals surface area contributed by atoms with Crippen LogP contribution in [0.2, 0.25) is 0 Å². The van der Waals surface area contributed by atoms with E-state index in [9.17, 15) is 0 Å². The maximum absolute atomic E-state index is 4.33. The van der Waals surface area contributed by atoms with Gasteiger partial charge in [0.25, 0.3) is 0 Å². The van der Waals surface area contributed by atoms with Gasteiger partial charge >= 0.3 is 0 Å². The second kappa shape index (κ2) is 5.78. The third-order valence-electron chi connectivity index (χ3n) is 4.57. The molecule has 3 nitrogen and oxygen atoms in total. The Morgan fingerprint density at radius 3 is 2.80 bits per heavy atom. The maximum atomic E-state index is 4.33. The van der Waals surface area contributed by atoms with Gasteiger partial charge in [0.05, 0.1) is 6.20 Å². The smallest absolute Gasteiger partial charge is 0.156 e. The van der Waals surface area contributed by atoms with Gasteiger partial charge in [0.1, 0.15) is 0 Å². The van der Waals surface area contributed by atoms with Crippen molar-refractivity contribution >= 4 is 16.6 Å². The molecule has 1 aliphatic carbocycles. The van der Waals surface area contributed by atoms with Crippen LogP contribution in [-0.2, 0) is 0 Å². The minimum Gasteiger partial charge on any atom is -0.365 e. The summed E-state index contributed by atoms with van der Waals surface area (Å²) in [6.45, 7) is 4.67. The number of anilines is 1. The zero-order valence-electron chi connectivity index (χ0n) is 12.3. The number of benzene rings is 1. The van der Waals surface area contributed by atoms with Crippen molar-refractivity contribution in [3.05, 3.63) is 30.5 Å². The van der Waals surface area contributed by atoms with Crippen molar-refractivity contribution in [3.8, 4) is 0 Å². The molecular formula is C17H23N3. The van der Waals surface area contributed by atoms with Crippen LogP contribution in [0.15, 0.2) is 30.5 Å². The first-order valence-corrected chi connectivity index (χ1v) is 7.72. The van der Waals surface area contributed by atoms with E-state index in [1.54, 1.807) is 0 Å². The molecule has 1 fully saturated rings. The second-order valence-electron chi connectivity index (χ2n) is 6.22. The Balaban J connectivity index is 1.88. The molecule has 1 aromatic heterocycles. The van der Waals surface area contributed by atoms with E-state index in [0.717, 1.165) is 23.0 Å². The van der Waals surface area contributed by atoms with Gasteiger partial charge in [-0.3, -0.25) is 0 Å². The Bertz CT molecular complexity index is 574. The molecule has 3 heteroatoms. The van der Waals surface area contributed by atoms with Crippen molar-refractivity contribution in [1.82, 2.24) is 10.2 Å². The number of hydrogen-bond donors (Lipinski definition) is 1. The Hall–Kier alpha value is -1.64. The largest absolute Gasteiger partial charge is 0.365 e. The Morgan fingerprint density at radius 2 is 1.95 bits per heavy atom. The summed E-state index contributed by atoms with van der Waals surface area (Å²) in [5.74, 6) is 2.40. The van der Waals surface area contributed by atoms with Gasteiger partial charge in [-0.05, 0) is 24.7 Å². The van der Waals surface area contributed by atoms with E-state index in [2.05, 4.69) is 47.6 Å². The minimum atomic E-state index is 0.531. The normalized spacial score (nSPS) is 23.1. The Kier molecular flexibility index (Phi) is 3.86. The summed E-state index contributed by atoms with van der Waals surface area (Å²) in [6, 6.07) is 8.86. The summed E-state index contributed by atoms with van der Waals surface area (Å²) < 4.78 is 0. The van der Waals surface area contributed by atoms with E-state index in [4.69, 9.17) is 0 Å². The minimum absolute atomic E-state index is 0.531. The summed E-state index contributed by atoms with van der Waals surface area (Å²) >= 11 is 0. The lowest BCUT2D eigenvalue weighted by atomic mass is 9.78. The van der Waals surface area contributed by atoms with E-state index in [-0.39, 0.29) is 0 Å². The van der Waals surface area contributed by atoms with Gasteiger partial charge in [0.15, 0.2) is 5.82 Å². The third-order valence-corrected chi connectivity index (χ3v) is 4.57. The zero-order chi connectivity index (χ0) is 13.9. The number of nitrogens with one attached hydrogen (secondary N) is 1. The van der Waals surface area contributed by atoms with Crippen molar-refractivity contribution in [2.75, 3.05) is 5.32 Å². The lowest BCUT2D eigenvalue weighted by Crippen LogP contribution is -2.35. The highest BCUT2D eigenvalue weighted by molar-refractivity contribution is 5.90. The molecule has 2 atom stereocenters. The standard InChI is InChI=1S/C17H23N3/c1-12(2)14-8-5-6-10-16(14)19-17-15-9-4-3-7-13(15)11-18-20-17/h3-4,7,9,11-12,14,16H,5-6,8,10H2,1-2H3,(H,19,20). The highest BCUT2D eigenvalue weighted by Gasteiger charge is 2.28.